The number of rotatable bonds is 5. The maximum absolute atomic E-state index is 4.53. The predicted molar refractivity (Wildman–Crippen MR) is 101 cm³/mol. The third-order valence-corrected chi connectivity index (χ3v) is 7.14. The summed E-state index contributed by atoms with van der Waals surface area (Å²) in [5.74, 6) is 0.760. The molecule has 3 aromatic heterocycles. The lowest BCUT2D eigenvalue weighted by molar-refractivity contribution is 0.509. The molecule has 3 heterocycles. The van der Waals surface area contributed by atoms with Gasteiger partial charge < -0.3 is 5.32 Å². The molecule has 0 spiro atoms. The Bertz CT molecular complexity index is 885. The van der Waals surface area contributed by atoms with Gasteiger partial charge in [0.25, 0.3) is 0 Å². The maximum atomic E-state index is 4.53. The van der Waals surface area contributed by atoms with Crippen LogP contribution in [0.4, 0.5) is 5.13 Å². The Balaban J connectivity index is 1.67. The van der Waals surface area contributed by atoms with E-state index in [2.05, 4.69) is 39.0 Å². The van der Waals surface area contributed by atoms with Gasteiger partial charge in [-0.25, -0.2) is 9.97 Å². The fraction of sp³-hybridized carbons (Fsp3) is 0.375. The van der Waals surface area contributed by atoms with E-state index in [-0.39, 0.29) is 0 Å². The van der Waals surface area contributed by atoms with Gasteiger partial charge in [-0.3, -0.25) is 0 Å². The second kappa shape index (κ2) is 6.78. The number of aryl methyl sites for hydroxylation is 1. The quantitative estimate of drug-likeness (QED) is 0.526. The van der Waals surface area contributed by atoms with Crippen LogP contribution in [0.2, 0.25) is 0 Å². The van der Waals surface area contributed by atoms with Crippen molar-refractivity contribution in [1.29, 1.82) is 0 Å². The largest absolute Gasteiger partial charge is 0.357 e. The van der Waals surface area contributed by atoms with Gasteiger partial charge in [-0.15, -0.1) is 28.1 Å². The van der Waals surface area contributed by atoms with E-state index >= 15 is 0 Å². The molecule has 0 radical (unpaired) electrons. The van der Waals surface area contributed by atoms with Crippen molar-refractivity contribution in [3.05, 3.63) is 29.4 Å². The summed E-state index contributed by atoms with van der Waals surface area (Å²) < 4.78 is 0.894. The van der Waals surface area contributed by atoms with Gasteiger partial charge in [-0.1, -0.05) is 24.3 Å². The van der Waals surface area contributed by atoms with Crippen molar-refractivity contribution in [2.24, 2.45) is 5.92 Å². The summed E-state index contributed by atoms with van der Waals surface area (Å²) in [6.45, 7) is 6.71. The molecule has 1 N–H and O–H groups in total. The molecule has 1 aliphatic carbocycles. The summed E-state index contributed by atoms with van der Waals surface area (Å²) in [4.78, 5) is 11.6. The van der Waals surface area contributed by atoms with Gasteiger partial charge in [0, 0.05) is 16.8 Å². The standard InChI is InChI=1S/C16H17N5S3/c1-3-6-17-15-20-21-16(24-15)23-14-12-10-5-4-9(2)7-11(10)22-13(12)18-8-19-14/h3,8-9H,1,4-7H2,2H3,(H,17,20)/t9-/m1/s1. The number of nitrogens with zero attached hydrogens (tertiary/aromatic N) is 4. The van der Waals surface area contributed by atoms with Gasteiger partial charge >= 0.3 is 0 Å². The van der Waals surface area contributed by atoms with Crippen molar-refractivity contribution in [3.63, 3.8) is 0 Å². The summed E-state index contributed by atoms with van der Waals surface area (Å²) >= 11 is 4.95. The Morgan fingerprint density at radius 1 is 1.38 bits per heavy atom. The summed E-state index contributed by atoms with van der Waals surface area (Å²) in [5.41, 5.74) is 1.45. The van der Waals surface area contributed by atoms with Crippen molar-refractivity contribution >= 4 is 49.8 Å². The minimum Gasteiger partial charge on any atom is -0.357 e. The smallest absolute Gasteiger partial charge is 0.206 e. The normalized spacial score (nSPS) is 17.0. The van der Waals surface area contributed by atoms with E-state index in [1.54, 1.807) is 35.5 Å². The molecule has 1 aliphatic rings. The van der Waals surface area contributed by atoms with Crippen LogP contribution in [0.3, 0.4) is 0 Å². The number of nitrogens with one attached hydrogen (secondary N) is 1. The fourth-order valence-electron chi connectivity index (χ4n) is 2.89. The Hall–Kier alpha value is -1.51. The van der Waals surface area contributed by atoms with Crippen molar-refractivity contribution in [3.8, 4) is 0 Å². The highest BCUT2D eigenvalue weighted by molar-refractivity contribution is 8.01. The molecule has 24 heavy (non-hydrogen) atoms. The number of fused-ring (bicyclic) bond motifs is 3. The fourth-order valence-corrected chi connectivity index (χ4v) is 6.10. The predicted octanol–water partition coefficient (Wildman–Crippen LogP) is 4.42. The SMILES string of the molecule is C=CCNc1nnc(Sc2ncnc3sc4c(c23)CC[C@@H](C)C4)s1. The first kappa shape index (κ1) is 16.0. The number of hydrogen-bond donors (Lipinski definition) is 1. The number of thiophene rings is 1. The Morgan fingerprint density at radius 3 is 3.17 bits per heavy atom. The van der Waals surface area contributed by atoms with Gasteiger partial charge in [0.2, 0.25) is 5.13 Å². The average Bonchev–Trinajstić information content (AvgIpc) is 3.16. The lowest BCUT2D eigenvalue weighted by Gasteiger charge is -2.17. The third kappa shape index (κ3) is 3.05. The molecule has 124 valence electrons. The Morgan fingerprint density at radius 2 is 2.29 bits per heavy atom. The van der Waals surface area contributed by atoms with Crippen LogP contribution in [0.1, 0.15) is 23.8 Å². The van der Waals surface area contributed by atoms with E-state index in [1.165, 1.54) is 22.2 Å². The molecule has 8 heteroatoms. The lowest BCUT2D eigenvalue weighted by atomic mass is 9.89. The first-order valence-electron chi connectivity index (χ1n) is 7.86. The molecule has 0 aromatic carbocycles. The van der Waals surface area contributed by atoms with Gasteiger partial charge in [0.1, 0.15) is 16.2 Å². The van der Waals surface area contributed by atoms with Crippen LogP contribution >= 0.6 is 34.4 Å². The van der Waals surface area contributed by atoms with Crippen LogP contribution < -0.4 is 5.32 Å². The van der Waals surface area contributed by atoms with Crippen molar-refractivity contribution in [2.75, 3.05) is 11.9 Å². The highest BCUT2D eigenvalue weighted by Gasteiger charge is 2.23. The zero-order chi connectivity index (χ0) is 16.5. The summed E-state index contributed by atoms with van der Waals surface area (Å²) in [6, 6.07) is 0. The molecule has 0 amide bonds. The molecule has 0 unspecified atom stereocenters. The molecule has 0 saturated heterocycles. The van der Waals surface area contributed by atoms with Crippen LogP contribution in [0.15, 0.2) is 28.3 Å². The van der Waals surface area contributed by atoms with Gasteiger partial charge in [-0.2, -0.15) is 0 Å². The molecule has 0 bridgehead atoms. The minimum atomic E-state index is 0.688. The van der Waals surface area contributed by atoms with Crippen LogP contribution in [0.25, 0.3) is 10.2 Å². The molecule has 4 rings (SSSR count). The Kier molecular flexibility index (Phi) is 4.51. The Labute approximate surface area is 152 Å². The first-order chi connectivity index (χ1) is 11.7. The van der Waals surface area contributed by atoms with Crippen LogP contribution in [0.5, 0.6) is 0 Å². The van der Waals surface area contributed by atoms with Gasteiger partial charge in [0.15, 0.2) is 4.34 Å². The van der Waals surface area contributed by atoms with Gasteiger partial charge in [-0.05, 0) is 42.5 Å². The number of aromatic nitrogens is 4. The van der Waals surface area contributed by atoms with E-state index < -0.39 is 0 Å². The van der Waals surface area contributed by atoms with E-state index in [4.69, 9.17) is 0 Å². The van der Waals surface area contributed by atoms with E-state index in [9.17, 15) is 0 Å². The number of hydrogen-bond acceptors (Lipinski definition) is 8. The average molecular weight is 376 g/mol. The molecule has 0 fully saturated rings. The summed E-state index contributed by atoms with van der Waals surface area (Å²) in [6.07, 6.45) is 7.00. The first-order valence-corrected chi connectivity index (χ1v) is 10.3. The molecular formula is C16H17N5S3. The monoisotopic (exact) mass is 375 g/mol. The topological polar surface area (TPSA) is 63.6 Å². The molecule has 0 saturated carbocycles. The second-order valence-corrected chi connectivity index (χ2v) is 9.15. The molecule has 3 aromatic rings. The number of anilines is 1. The highest BCUT2D eigenvalue weighted by Crippen LogP contribution is 2.42. The second-order valence-electron chi connectivity index (χ2n) is 5.86. The van der Waals surface area contributed by atoms with Crippen molar-refractivity contribution in [2.45, 2.75) is 35.6 Å². The van der Waals surface area contributed by atoms with Crippen LogP contribution in [0, 0.1) is 5.92 Å². The van der Waals surface area contributed by atoms with E-state index in [0.29, 0.717) is 6.54 Å². The molecule has 1 atom stereocenters. The zero-order valence-corrected chi connectivity index (χ0v) is 15.7. The molecular weight excluding hydrogens is 358 g/mol. The van der Waals surface area contributed by atoms with E-state index in [1.807, 2.05) is 11.3 Å². The molecule has 5 nitrogen and oxygen atoms in total. The third-order valence-electron chi connectivity index (χ3n) is 4.05. The minimum absolute atomic E-state index is 0.688. The summed E-state index contributed by atoms with van der Waals surface area (Å²) in [7, 11) is 0. The van der Waals surface area contributed by atoms with Crippen LogP contribution in [-0.2, 0) is 12.8 Å². The molecule has 0 aliphatic heterocycles. The highest BCUT2D eigenvalue weighted by atomic mass is 32.2. The van der Waals surface area contributed by atoms with E-state index in [0.717, 1.165) is 38.1 Å². The summed E-state index contributed by atoms with van der Waals surface area (Å²) in [5, 5.41) is 14.6. The zero-order valence-electron chi connectivity index (χ0n) is 13.3. The van der Waals surface area contributed by atoms with Crippen LogP contribution in [-0.4, -0.2) is 26.7 Å². The maximum Gasteiger partial charge on any atom is 0.206 e. The lowest BCUT2D eigenvalue weighted by Crippen LogP contribution is -2.08. The van der Waals surface area contributed by atoms with Crippen molar-refractivity contribution < 1.29 is 0 Å². The van der Waals surface area contributed by atoms with Gasteiger partial charge in [0.05, 0.1) is 0 Å². The van der Waals surface area contributed by atoms with Crippen molar-refractivity contribution in [1.82, 2.24) is 20.2 Å².